The molecule has 1 fully saturated rings. The van der Waals surface area contributed by atoms with Crippen LogP contribution in [0.15, 0.2) is 57.5 Å². The zero-order chi connectivity index (χ0) is 48.1. The Hall–Kier alpha value is -5.97. The predicted molar refractivity (Wildman–Crippen MR) is 250 cm³/mol. The topological polar surface area (TPSA) is 210 Å². The number of ether oxygens (including phenoxy) is 4. The van der Waals surface area contributed by atoms with Crippen molar-refractivity contribution in [3.63, 3.8) is 0 Å². The predicted octanol–water partition coefficient (Wildman–Crippen LogP) is 7.21. The number of esters is 1. The molecule has 1 amide bonds. The van der Waals surface area contributed by atoms with E-state index in [-0.39, 0.29) is 79.0 Å². The summed E-state index contributed by atoms with van der Waals surface area (Å²) in [5.41, 5.74) is -0.349. The third-order valence-electron chi connectivity index (χ3n) is 13.7. The van der Waals surface area contributed by atoms with Crippen LogP contribution in [0.5, 0.6) is 17.2 Å². The molecule has 4 heterocycles. The fraction of sp³-hybridized carbons (Fsp3) is 0.500. The van der Waals surface area contributed by atoms with E-state index in [0.29, 0.717) is 31.2 Å². The number of aromatic hydroxyl groups is 2. The van der Waals surface area contributed by atoms with E-state index in [4.69, 9.17) is 28.3 Å². The van der Waals surface area contributed by atoms with Crippen molar-refractivity contribution >= 4 is 50.9 Å². The molecule has 354 valence electrons. The number of nitrogens with zero attached hydrogens (tertiary/aromatic N) is 3. The number of rotatable bonds is 4. The van der Waals surface area contributed by atoms with Gasteiger partial charge in [-0.15, -0.1) is 0 Å². The van der Waals surface area contributed by atoms with Crippen LogP contribution >= 0.6 is 0 Å². The number of nitrogens with one attached hydrogen (secondary N) is 1. The maximum atomic E-state index is 14.9. The second-order valence-electron chi connectivity index (χ2n) is 18.7. The van der Waals surface area contributed by atoms with Gasteiger partial charge in [-0.3, -0.25) is 19.2 Å². The zero-order valence-electron chi connectivity index (χ0n) is 39.6. The van der Waals surface area contributed by atoms with Crippen molar-refractivity contribution in [2.45, 2.75) is 105 Å². The number of anilines is 2. The first-order valence-electron chi connectivity index (χ1n) is 22.5. The van der Waals surface area contributed by atoms with Gasteiger partial charge in [-0.05, 0) is 65.1 Å². The standard InChI is InChI=1S/C50H62N4O12/c1-24-13-12-14-25(2)49(61)52-41-44(59)37-36(40-47(41)65-35-23-32(22-33(56)39(35)51-40)54-18-15-31(16-19-54)53(9)10)38-46(29(6)43(37)58)66-50(8,48(38)60)63-20-17-34(62-11)27(4)45(64-30(7)55)28(5)42(57)26(3)21-24/h12-14,17,20,22-24,26-28,31,34,42,45,56-58H,15-16,18-19,21H2,1-11H3,(H,52,61)/b13-12+,20-17+,25-14-/t24-,26+,27+,28+,34-,42+,45+,50-/m0/s1. The number of amides is 1. The molecule has 0 unspecified atom stereocenters. The number of ketones is 1. The number of Topliss-reactive ketones (excluding diaryl/α,β-unsaturated/α-hetero) is 1. The summed E-state index contributed by atoms with van der Waals surface area (Å²) in [6, 6.07) is 3.72. The number of fused-ring (bicyclic) bond motifs is 2. The van der Waals surface area contributed by atoms with Gasteiger partial charge in [0, 0.05) is 86.3 Å². The molecule has 8 atom stereocenters. The molecule has 0 aromatic heterocycles. The Morgan fingerprint density at radius 2 is 1.71 bits per heavy atom. The number of carbonyl (C=O) groups excluding carboxylic acids is 3. The molecule has 2 aromatic rings. The maximum Gasteiger partial charge on any atom is 0.312 e. The van der Waals surface area contributed by atoms with Gasteiger partial charge in [-0.1, -0.05) is 45.9 Å². The highest BCUT2D eigenvalue weighted by Gasteiger charge is 2.50. The van der Waals surface area contributed by atoms with E-state index < -0.39 is 64.8 Å². The van der Waals surface area contributed by atoms with Gasteiger partial charge in [0.25, 0.3) is 11.7 Å². The Kier molecular flexibility index (Phi) is 13.6. The Bertz CT molecular complexity index is 2680. The Morgan fingerprint density at radius 1 is 1.02 bits per heavy atom. The first kappa shape index (κ1) is 48.0. The van der Waals surface area contributed by atoms with Crippen LogP contribution < -0.4 is 20.4 Å². The van der Waals surface area contributed by atoms with Crippen LogP contribution in [-0.2, 0) is 23.8 Å². The van der Waals surface area contributed by atoms with Gasteiger partial charge in [0.05, 0.1) is 29.4 Å². The van der Waals surface area contributed by atoms with Crippen molar-refractivity contribution in [2.75, 3.05) is 44.5 Å². The summed E-state index contributed by atoms with van der Waals surface area (Å²) in [6.45, 7) is 14.7. The van der Waals surface area contributed by atoms with Crippen molar-refractivity contribution in [1.82, 2.24) is 9.88 Å². The van der Waals surface area contributed by atoms with E-state index in [0.717, 1.165) is 12.8 Å². The highest BCUT2D eigenvalue weighted by atomic mass is 16.7. The monoisotopic (exact) mass is 910 g/mol. The molecule has 16 heteroatoms. The minimum atomic E-state index is -2.05. The SMILES string of the molecule is CO[C@H]1/C=C/O[C@@]2(C)Oc3c(C)c(O)c4c(=O)c(c5oc6cc(N7CCC(N(C)C)CC7)cc(O)c6nc-5c4c3C2=O)NC(=O)/C(C)=C\C=C\[C@H](C)C[C@@H](C)[C@@H](O)[C@@H](C)[C@H](OC(C)=O)[C@@H]1C. The molecule has 7 rings (SSSR count). The van der Waals surface area contributed by atoms with Crippen molar-refractivity contribution in [3.8, 4) is 28.7 Å². The molecular weight excluding hydrogens is 849 g/mol. The van der Waals surface area contributed by atoms with Crippen LogP contribution in [0.25, 0.3) is 33.3 Å². The average molecular weight is 911 g/mol. The summed E-state index contributed by atoms with van der Waals surface area (Å²) >= 11 is 0. The summed E-state index contributed by atoms with van der Waals surface area (Å²) < 4.78 is 30.5. The molecule has 16 nitrogen and oxygen atoms in total. The van der Waals surface area contributed by atoms with Gasteiger partial charge in [-0.2, -0.15) is 0 Å². The van der Waals surface area contributed by atoms with Crippen LogP contribution in [-0.4, -0.2) is 107 Å². The molecule has 0 radical (unpaired) electrons. The molecule has 2 aromatic carbocycles. The third kappa shape index (κ3) is 8.85. The number of hydrogen-bond donors (Lipinski definition) is 4. The molecule has 4 N–H and O–H groups in total. The first-order valence-corrected chi connectivity index (χ1v) is 22.5. The van der Waals surface area contributed by atoms with Gasteiger partial charge < -0.3 is 53.8 Å². The average Bonchev–Trinajstić information content (AvgIpc) is 3.54. The number of carbonyl (C=O) groups is 3. The highest BCUT2D eigenvalue weighted by molar-refractivity contribution is 6.22. The second kappa shape index (κ2) is 18.7. The number of allylic oxidation sites excluding steroid dienone is 3. The number of phenols is 2. The summed E-state index contributed by atoms with van der Waals surface area (Å²) in [7, 11) is 5.58. The number of benzene rings is 3. The number of hydrogen-bond acceptors (Lipinski definition) is 15. The van der Waals surface area contributed by atoms with Crippen LogP contribution in [0, 0.1) is 30.6 Å². The van der Waals surface area contributed by atoms with Crippen molar-refractivity contribution in [1.29, 1.82) is 0 Å². The molecule has 1 saturated heterocycles. The lowest BCUT2D eigenvalue weighted by Crippen LogP contribution is -2.44. The molecule has 66 heavy (non-hydrogen) atoms. The van der Waals surface area contributed by atoms with E-state index in [9.17, 15) is 34.5 Å². The summed E-state index contributed by atoms with van der Waals surface area (Å²) in [4.78, 5) is 65.3. The first-order chi connectivity index (χ1) is 31.2. The summed E-state index contributed by atoms with van der Waals surface area (Å²) in [6.07, 6.45) is 7.95. The molecular formula is C50H62N4O12. The fourth-order valence-electron chi connectivity index (χ4n) is 9.76. The van der Waals surface area contributed by atoms with Crippen molar-refractivity contribution in [3.05, 3.63) is 69.6 Å². The fourth-order valence-corrected chi connectivity index (χ4v) is 9.76. The smallest absolute Gasteiger partial charge is 0.312 e. The lowest BCUT2D eigenvalue weighted by Gasteiger charge is -2.36. The van der Waals surface area contributed by atoms with E-state index in [1.807, 2.05) is 33.8 Å². The number of aliphatic hydroxyl groups is 1. The number of aromatic nitrogens is 1. The van der Waals surface area contributed by atoms with Crippen LogP contribution in [0.4, 0.5) is 11.4 Å². The van der Waals surface area contributed by atoms with Crippen molar-refractivity contribution in [2.24, 2.45) is 23.7 Å². The van der Waals surface area contributed by atoms with Gasteiger partial charge in [-0.25, -0.2) is 4.98 Å². The van der Waals surface area contributed by atoms with Gasteiger partial charge in [0.2, 0.25) is 5.43 Å². The van der Waals surface area contributed by atoms with Crippen molar-refractivity contribution < 1.29 is 53.1 Å². The maximum absolute atomic E-state index is 14.9. The minimum absolute atomic E-state index is 0.0141. The molecule has 0 spiro atoms. The van der Waals surface area contributed by atoms with E-state index >= 15 is 0 Å². The number of methoxy groups -OCH3 is 1. The van der Waals surface area contributed by atoms with Gasteiger partial charge in [0.1, 0.15) is 40.3 Å². The molecule has 4 aliphatic heterocycles. The summed E-state index contributed by atoms with van der Waals surface area (Å²) in [5, 5.41) is 37.3. The second-order valence-corrected chi connectivity index (χ2v) is 18.7. The Morgan fingerprint density at radius 3 is 2.36 bits per heavy atom. The number of aliphatic hydroxyl groups excluding tert-OH is 1. The van der Waals surface area contributed by atoms with Crippen LogP contribution in [0.1, 0.15) is 83.7 Å². The quantitative estimate of drug-likeness (QED) is 0.0905. The number of piperidine rings is 1. The lowest BCUT2D eigenvalue weighted by atomic mass is 9.79. The van der Waals surface area contributed by atoms with Crippen LogP contribution in [0.3, 0.4) is 0 Å². The van der Waals surface area contributed by atoms with Gasteiger partial charge >= 0.3 is 11.8 Å². The minimum Gasteiger partial charge on any atom is -0.507 e. The largest absolute Gasteiger partial charge is 0.507 e. The molecule has 1 aliphatic carbocycles. The molecule has 0 saturated carbocycles. The van der Waals surface area contributed by atoms with Crippen LogP contribution in [0.2, 0.25) is 0 Å². The lowest BCUT2D eigenvalue weighted by molar-refractivity contribution is -0.159. The molecule has 4 bridgehead atoms. The Labute approximate surface area is 384 Å². The molecule has 5 aliphatic rings. The van der Waals surface area contributed by atoms with E-state index in [1.54, 1.807) is 37.3 Å². The van der Waals surface area contributed by atoms with E-state index in [1.165, 1.54) is 34.1 Å². The van der Waals surface area contributed by atoms with E-state index in [2.05, 4.69) is 29.2 Å². The normalized spacial score (nSPS) is 28.9. The zero-order valence-corrected chi connectivity index (χ0v) is 39.6. The number of phenolic OH excluding ortho intramolecular Hbond substituents is 2. The van der Waals surface area contributed by atoms with Gasteiger partial charge in [0.15, 0.2) is 11.3 Å². The summed E-state index contributed by atoms with van der Waals surface area (Å²) in [5.74, 6) is -6.31. The Balaban J connectivity index is 1.43. The highest BCUT2D eigenvalue weighted by Crippen LogP contribution is 2.51. The third-order valence-corrected chi connectivity index (χ3v) is 13.7.